The smallest absolute Gasteiger partial charge is 0.102 e. The molecule has 2 rings (SSSR count). The molecule has 0 unspecified atom stereocenters. The third-order valence-corrected chi connectivity index (χ3v) is 4.76. The number of hydrogen-bond donors (Lipinski definition) is 1. The molecular weight excluding hydrogens is 266 g/mol. The molecule has 1 aliphatic rings. The van der Waals surface area contributed by atoms with Crippen LogP contribution in [0.1, 0.15) is 25.3 Å². The summed E-state index contributed by atoms with van der Waals surface area (Å²) in [4.78, 5) is 3.56. The fourth-order valence-corrected chi connectivity index (χ4v) is 3.17. The summed E-state index contributed by atoms with van der Waals surface area (Å²) >= 11 is 1.62. The fourth-order valence-electron chi connectivity index (χ4n) is 2.60. The van der Waals surface area contributed by atoms with E-state index < -0.39 is 0 Å². The quantitative estimate of drug-likeness (QED) is 0.843. The number of benzene rings is 1. The lowest BCUT2D eigenvalue weighted by Crippen LogP contribution is -2.36. The van der Waals surface area contributed by atoms with Crippen molar-refractivity contribution >= 4 is 17.4 Å². The van der Waals surface area contributed by atoms with Gasteiger partial charge in [-0.05, 0) is 50.2 Å². The summed E-state index contributed by atoms with van der Waals surface area (Å²) in [5.41, 5.74) is 1.73. The van der Waals surface area contributed by atoms with E-state index in [1.807, 2.05) is 24.5 Å². The highest BCUT2D eigenvalue weighted by Gasteiger charge is 2.15. The standard InChI is InChI=1S/C16H23N3S/c1-13-6-9-19(10-7-13)11-8-18-15-4-3-5-16(20-2)14(15)12-17/h3-5,13,18H,6-11H2,1-2H3. The van der Waals surface area contributed by atoms with Gasteiger partial charge in [0.2, 0.25) is 0 Å². The van der Waals surface area contributed by atoms with Gasteiger partial charge in [0.25, 0.3) is 0 Å². The first-order valence-electron chi connectivity index (χ1n) is 7.28. The van der Waals surface area contributed by atoms with E-state index >= 15 is 0 Å². The third-order valence-electron chi connectivity index (χ3n) is 3.98. The van der Waals surface area contributed by atoms with Gasteiger partial charge in [-0.1, -0.05) is 13.0 Å². The normalized spacial score (nSPS) is 16.9. The molecule has 1 saturated heterocycles. The molecule has 1 heterocycles. The minimum absolute atomic E-state index is 0.771. The van der Waals surface area contributed by atoms with Crippen LogP contribution >= 0.6 is 11.8 Å². The second kappa shape index (κ2) is 7.56. The number of nitrogens with one attached hydrogen (secondary N) is 1. The Kier molecular flexibility index (Phi) is 5.75. The van der Waals surface area contributed by atoms with Gasteiger partial charge in [-0.25, -0.2) is 0 Å². The Morgan fingerprint density at radius 1 is 1.40 bits per heavy atom. The van der Waals surface area contributed by atoms with Gasteiger partial charge in [0.15, 0.2) is 0 Å². The maximum Gasteiger partial charge on any atom is 0.102 e. The van der Waals surface area contributed by atoms with Crippen LogP contribution in [0.2, 0.25) is 0 Å². The number of nitrogens with zero attached hydrogens (tertiary/aromatic N) is 2. The fraction of sp³-hybridized carbons (Fsp3) is 0.562. The third kappa shape index (κ3) is 3.91. The predicted molar refractivity (Wildman–Crippen MR) is 86.3 cm³/mol. The van der Waals surface area contributed by atoms with Crippen LogP contribution in [0, 0.1) is 17.2 Å². The largest absolute Gasteiger partial charge is 0.383 e. The Bertz CT molecular complexity index is 473. The van der Waals surface area contributed by atoms with Crippen LogP contribution in [0.25, 0.3) is 0 Å². The number of likely N-dealkylation sites (tertiary alicyclic amines) is 1. The number of anilines is 1. The average molecular weight is 289 g/mol. The molecule has 1 fully saturated rings. The highest BCUT2D eigenvalue weighted by molar-refractivity contribution is 7.98. The molecule has 1 aromatic carbocycles. The summed E-state index contributed by atoms with van der Waals surface area (Å²) in [5.74, 6) is 0.877. The Balaban J connectivity index is 1.87. The Labute approximate surface area is 126 Å². The van der Waals surface area contributed by atoms with Crippen molar-refractivity contribution in [2.75, 3.05) is 37.8 Å². The monoisotopic (exact) mass is 289 g/mol. The summed E-state index contributed by atoms with van der Waals surface area (Å²) in [6.07, 6.45) is 4.63. The molecule has 0 saturated carbocycles. The molecular formula is C16H23N3S. The van der Waals surface area contributed by atoms with Crippen molar-refractivity contribution in [2.24, 2.45) is 5.92 Å². The summed E-state index contributed by atoms with van der Waals surface area (Å²) in [5, 5.41) is 12.7. The lowest BCUT2D eigenvalue weighted by Gasteiger charge is -2.30. The zero-order chi connectivity index (χ0) is 14.4. The maximum atomic E-state index is 9.29. The first-order valence-corrected chi connectivity index (χ1v) is 8.50. The van der Waals surface area contributed by atoms with Crippen LogP contribution in [0.15, 0.2) is 23.1 Å². The van der Waals surface area contributed by atoms with Crippen LogP contribution < -0.4 is 5.32 Å². The van der Waals surface area contributed by atoms with Gasteiger partial charge in [0.05, 0.1) is 11.3 Å². The van der Waals surface area contributed by atoms with Crippen LogP contribution in [-0.2, 0) is 0 Å². The second-order valence-corrected chi connectivity index (χ2v) is 6.29. The molecule has 4 heteroatoms. The molecule has 0 bridgehead atoms. The Morgan fingerprint density at radius 2 is 2.15 bits per heavy atom. The summed E-state index contributed by atoms with van der Waals surface area (Å²) in [7, 11) is 0. The highest BCUT2D eigenvalue weighted by Crippen LogP contribution is 2.26. The van der Waals surface area contributed by atoms with Crippen molar-refractivity contribution in [1.82, 2.24) is 4.90 Å². The van der Waals surface area contributed by atoms with Gasteiger partial charge in [-0.3, -0.25) is 0 Å². The molecule has 3 nitrogen and oxygen atoms in total. The second-order valence-electron chi connectivity index (χ2n) is 5.45. The van der Waals surface area contributed by atoms with E-state index in [0.717, 1.165) is 35.2 Å². The van der Waals surface area contributed by atoms with E-state index in [9.17, 15) is 5.26 Å². The summed E-state index contributed by atoms with van der Waals surface area (Å²) < 4.78 is 0. The van der Waals surface area contributed by atoms with Crippen LogP contribution in [0.4, 0.5) is 5.69 Å². The Hall–Kier alpha value is -1.18. The topological polar surface area (TPSA) is 39.1 Å². The van der Waals surface area contributed by atoms with Gasteiger partial charge < -0.3 is 10.2 Å². The highest BCUT2D eigenvalue weighted by atomic mass is 32.2. The SMILES string of the molecule is CSc1cccc(NCCN2CCC(C)CC2)c1C#N. The van der Waals surface area contributed by atoms with E-state index in [1.165, 1.54) is 25.9 Å². The van der Waals surface area contributed by atoms with Gasteiger partial charge in [-0.2, -0.15) is 5.26 Å². The minimum atomic E-state index is 0.771. The maximum absolute atomic E-state index is 9.29. The molecule has 0 aliphatic carbocycles. The molecule has 1 aliphatic heterocycles. The predicted octanol–water partition coefficient (Wildman–Crippen LogP) is 3.42. The van der Waals surface area contributed by atoms with Crippen molar-refractivity contribution in [2.45, 2.75) is 24.7 Å². The molecule has 0 amide bonds. The van der Waals surface area contributed by atoms with Gasteiger partial charge in [0, 0.05) is 18.0 Å². The van der Waals surface area contributed by atoms with Crippen molar-refractivity contribution in [1.29, 1.82) is 5.26 Å². The molecule has 0 radical (unpaired) electrons. The van der Waals surface area contributed by atoms with E-state index in [2.05, 4.69) is 23.2 Å². The van der Waals surface area contributed by atoms with Crippen molar-refractivity contribution in [3.05, 3.63) is 23.8 Å². The number of nitriles is 1. The van der Waals surface area contributed by atoms with E-state index in [1.54, 1.807) is 11.8 Å². The van der Waals surface area contributed by atoms with Crippen molar-refractivity contribution in [3.63, 3.8) is 0 Å². The average Bonchev–Trinajstić information content (AvgIpc) is 2.49. The van der Waals surface area contributed by atoms with E-state index in [0.29, 0.717) is 0 Å². The first-order chi connectivity index (χ1) is 9.74. The van der Waals surface area contributed by atoms with E-state index in [-0.39, 0.29) is 0 Å². The lowest BCUT2D eigenvalue weighted by molar-refractivity contribution is 0.199. The number of hydrogen-bond acceptors (Lipinski definition) is 4. The number of thioether (sulfide) groups is 1. The molecule has 108 valence electrons. The number of rotatable bonds is 5. The molecule has 1 aromatic rings. The molecule has 0 aromatic heterocycles. The van der Waals surface area contributed by atoms with Crippen molar-refractivity contribution < 1.29 is 0 Å². The minimum Gasteiger partial charge on any atom is -0.383 e. The van der Waals surface area contributed by atoms with Crippen LogP contribution in [-0.4, -0.2) is 37.3 Å². The summed E-state index contributed by atoms with van der Waals surface area (Å²) in [6.45, 7) is 6.71. The van der Waals surface area contributed by atoms with Gasteiger partial charge >= 0.3 is 0 Å². The number of piperidine rings is 1. The zero-order valence-electron chi connectivity index (χ0n) is 12.4. The Morgan fingerprint density at radius 3 is 2.80 bits per heavy atom. The van der Waals surface area contributed by atoms with E-state index in [4.69, 9.17) is 0 Å². The van der Waals surface area contributed by atoms with Crippen LogP contribution in [0.5, 0.6) is 0 Å². The zero-order valence-corrected chi connectivity index (χ0v) is 13.2. The van der Waals surface area contributed by atoms with Gasteiger partial charge in [0.1, 0.15) is 6.07 Å². The summed E-state index contributed by atoms with van der Waals surface area (Å²) in [6, 6.07) is 8.32. The van der Waals surface area contributed by atoms with Gasteiger partial charge in [-0.15, -0.1) is 11.8 Å². The molecule has 0 atom stereocenters. The molecule has 1 N–H and O–H groups in total. The van der Waals surface area contributed by atoms with Crippen LogP contribution in [0.3, 0.4) is 0 Å². The van der Waals surface area contributed by atoms with Crippen molar-refractivity contribution in [3.8, 4) is 6.07 Å². The lowest BCUT2D eigenvalue weighted by atomic mass is 9.99. The first kappa shape index (κ1) is 15.2. The molecule has 20 heavy (non-hydrogen) atoms. The molecule has 0 spiro atoms.